The van der Waals surface area contributed by atoms with Crippen LogP contribution < -0.4 is 10.1 Å². The first-order valence-corrected chi connectivity index (χ1v) is 7.99. The molecule has 5 nitrogen and oxygen atoms in total. The highest BCUT2D eigenvalue weighted by atomic mass is 19.1. The zero-order valence-corrected chi connectivity index (χ0v) is 13.5. The van der Waals surface area contributed by atoms with Gasteiger partial charge in [0.25, 0.3) is 5.91 Å². The summed E-state index contributed by atoms with van der Waals surface area (Å²) in [6, 6.07) is 13.2. The van der Waals surface area contributed by atoms with Crippen LogP contribution in [0.1, 0.15) is 24.0 Å². The molecule has 6 heteroatoms. The van der Waals surface area contributed by atoms with Gasteiger partial charge in [-0.1, -0.05) is 12.1 Å². The van der Waals surface area contributed by atoms with Gasteiger partial charge in [-0.2, -0.15) is 5.26 Å². The van der Waals surface area contributed by atoms with Crippen molar-refractivity contribution in [3.05, 3.63) is 59.4 Å². The number of nitriles is 1. The molecule has 1 fully saturated rings. The third kappa shape index (κ3) is 4.34. The molecule has 1 aliphatic rings. The number of benzene rings is 2. The third-order valence-electron chi connectivity index (χ3n) is 3.87. The lowest BCUT2D eigenvalue weighted by molar-refractivity contribution is -0.124. The minimum absolute atomic E-state index is 0.0810. The molecule has 0 spiro atoms. The molecule has 0 aliphatic carbocycles. The zero-order chi connectivity index (χ0) is 17.6. The van der Waals surface area contributed by atoms with Gasteiger partial charge >= 0.3 is 0 Å². The molecule has 128 valence electrons. The van der Waals surface area contributed by atoms with Crippen LogP contribution in [0.15, 0.2) is 42.5 Å². The Bertz CT molecular complexity index is 811. The summed E-state index contributed by atoms with van der Waals surface area (Å²) < 4.78 is 24.9. The van der Waals surface area contributed by atoms with Gasteiger partial charge in [-0.25, -0.2) is 4.39 Å². The van der Waals surface area contributed by atoms with Crippen molar-refractivity contribution in [3.8, 4) is 11.8 Å². The second-order valence-electron chi connectivity index (χ2n) is 5.74. The maximum Gasteiger partial charge on any atom is 0.253 e. The molecule has 1 unspecified atom stereocenters. The van der Waals surface area contributed by atoms with E-state index >= 15 is 0 Å². The molecule has 0 bridgehead atoms. The Balaban J connectivity index is 1.61. The Hall–Kier alpha value is -2.91. The number of amides is 1. The third-order valence-corrected chi connectivity index (χ3v) is 3.87. The van der Waals surface area contributed by atoms with Gasteiger partial charge in [0.05, 0.1) is 11.6 Å². The van der Waals surface area contributed by atoms with Gasteiger partial charge in [-0.15, -0.1) is 0 Å². The summed E-state index contributed by atoms with van der Waals surface area (Å²) in [5.41, 5.74) is 1.65. The normalized spacial score (nSPS) is 16.2. The van der Waals surface area contributed by atoms with Crippen LogP contribution in [0, 0.1) is 17.1 Å². The first kappa shape index (κ1) is 16.9. The monoisotopic (exact) mass is 340 g/mol. The lowest BCUT2D eigenvalue weighted by Crippen LogP contribution is -2.26. The summed E-state index contributed by atoms with van der Waals surface area (Å²) >= 11 is 0. The molecule has 3 rings (SSSR count). The summed E-state index contributed by atoms with van der Waals surface area (Å²) in [7, 11) is 0. The molecular weight excluding hydrogens is 323 g/mol. The average Bonchev–Trinajstić information content (AvgIpc) is 3.16. The van der Waals surface area contributed by atoms with Crippen molar-refractivity contribution in [2.75, 3.05) is 11.9 Å². The van der Waals surface area contributed by atoms with E-state index in [1.165, 1.54) is 12.1 Å². The predicted molar refractivity (Wildman–Crippen MR) is 89.5 cm³/mol. The van der Waals surface area contributed by atoms with Crippen LogP contribution in [0.2, 0.25) is 0 Å². The number of hydrogen-bond acceptors (Lipinski definition) is 4. The van der Waals surface area contributed by atoms with Crippen LogP contribution in [0.4, 0.5) is 10.1 Å². The highest BCUT2D eigenvalue weighted by molar-refractivity contribution is 5.94. The number of rotatable bonds is 5. The molecule has 0 aromatic heterocycles. The maximum atomic E-state index is 14.2. The standard InChI is InChI=1S/C19H17FN2O3/c20-16-10-15(22-19(23)18-5-2-8-24-18)6-7-17(16)25-12-14-4-1-3-13(9-14)11-21/h1,3-4,6-7,9-10,18H,2,5,8,12H2,(H,22,23). The number of carbonyl (C=O) groups is 1. The second-order valence-corrected chi connectivity index (χ2v) is 5.74. The van der Waals surface area contributed by atoms with Crippen LogP contribution in [0.3, 0.4) is 0 Å². The fourth-order valence-corrected chi connectivity index (χ4v) is 2.59. The van der Waals surface area contributed by atoms with Crippen molar-refractivity contribution >= 4 is 11.6 Å². The van der Waals surface area contributed by atoms with Crippen molar-refractivity contribution < 1.29 is 18.7 Å². The Labute approximate surface area is 145 Å². The highest BCUT2D eigenvalue weighted by Gasteiger charge is 2.23. The van der Waals surface area contributed by atoms with E-state index in [1.54, 1.807) is 30.3 Å². The molecule has 1 heterocycles. The first-order chi connectivity index (χ1) is 12.2. The summed E-state index contributed by atoms with van der Waals surface area (Å²) in [5.74, 6) is -0.752. The van der Waals surface area contributed by atoms with E-state index in [4.69, 9.17) is 14.7 Å². The number of nitrogens with one attached hydrogen (secondary N) is 1. The quantitative estimate of drug-likeness (QED) is 0.905. The number of hydrogen-bond donors (Lipinski definition) is 1. The van der Waals surface area contributed by atoms with E-state index in [0.717, 1.165) is 12.0 Å². The smallest absolute Gasteiger partial charge is 0.253 e. The Morgan fingerprint density at radius 2 is 2.24 bits per heavy atom. The van der Waals surface area contributed by atoms with Crippen LogP contribution in [0.5, 0.6) is 5.75 Å². The van der Waals surface area contributed by atoms with Crippen molar-refractivity contribution in [2.24, 2.45) is 0 Å². The van der Waals surface area contributed by atoms with Gasteiger partial charge in [-0.3, -0.25) is 4.79 Å². The van der Waals surface area contributed by atoms with E-state index in [1.807, 2.05) is 6.07 Å². The molecule has 1 aliphatic heterocycles. The summed E-state index contributed by atoms with van der Waals surface area (Å²) in [5, 5.41) is 11.5. The van der Waals surface area contributed by atoms with Crippen molar-refractivity contribution in [2.45, 2.75) is 25.6 Å². The van der Waals surface area contributed by atoms with E-state index in [2.05, 4.69) is 5.32 Å². The fourth-order valence-electron chi connectivity index (χ4n) is 2.59. The zero-order valence-electron chi connectivity index (χ0n) is 13.5. The maximum absolute atomic E-state index is 14.2. The first-order valence-electron chi connectivity index (χ1n) is 7.99. The fraction of sp³-hybridized carbons (Fsp3) is 0.263. The summed E-state index contributed by atoms with van der Waals surface area (Å²) in [6.45, 7) is 0.723. The van der Waals surface area contributed by atoms with Crippen molar-refractivity contribution in [3.63, 3.8) is 0 Å². The minimum atomic E-state index is -0.568. The van der Waals surface area contributed by atoms with Gasteiger partial charge in [0.15, 0.2) is 11.6 Å². The SMILES string of the molecule is N#Cc1cccc(COc2ccc(NC(=O)C3CCCO3)cc2F)c1. The van der Waals surface area contributed by atoms with Gasteiger partial charge < -0.3 is 14.8 Å². The van der Waals surface area contributed by atoms with Crippen molar-refractivity contribution in [1.29, 1.82) is 5.26 Å². The number of carbonyl (C=O) groups excluding carboxylic acids is 1. The van der Waals surface area contributed by atoms with E-state index in [-0.39, 0.29) is 18.3 Å². The number of ether oxygens (including phenoxy) is 2. The lowest BCUT2D eigenvalue weighted by Gasteiger charge is -2.12. The number of nitrogens with zero attached hydrogens (tertiary/aromatic N) is 1. The summed E-state index contributed by atoms with van der Waals surface area (Å²) in [4.78, 5) is 12.0. The minimum Gasteiger partial charge on any atom is -0.486 e. The number of halogens is 1. The Kier molecular flexibility index (Phi) is 5.26. The Morgan fingerprint density at radius 3 is 2.96 bits per heavy atom. The van der Waals surface area contributed by atoms with E-state index < -0.39 is 11.9 Å². The molecule has 0 saturated carbocycles. The molecular formula is C19H17FN2O3. The van der Waals surface area contributed by atoms with Crippen LogP contribution in [-0.4, -0.2) is 18.6 Å². The van der Waals surface area contributed by atoms with Crippen LogP contribution >= 0.6 is 0 Å². The Morgan fingerprint density at radius 1 is 1.36 bits per heavy atom. The second kappa shape index (κ2) is 7.77. The topological polar surface area (TPSA) is 71.3 Å². The van der Waals surface area contributed by atoms with Gasteiger partial charge in [0, 0.05) is 18.4 Å². The van der Waals surface area contributed by atoms with Crippen molar-refractivity contribution in [1.82, 2.24) is 0 Å². The summed E-state index contributed by atoms with van der Waals surface area (Å²) in [6.07, 6.45) is 1.06. The highest BCUT2D eigenvalue weighted by Crippen LogP contribution is 2.23. The largest absolute Gasteiger partial charge is 0.486 e. The molecule has 1 saturated heterocycles. The molecule has 1 atom stereocenters. The van der Waals surface area contributed by atoms with Crippen LogP contribution in [-0.2, 0) is 16.1 Å². The van der Waals surface area contributed by atoms with E-state index in [0.29, 0.717) is 24.3 Å². The van der Waals surface area contributed by atoms with Gasteiger partial charge in [-0.05, 0) is 42.7 Å². The van der Waals surface area contributed by atoms with Crippen LogP contribution in [0.25, 0.3) is 0 Å². The molecule has 25 heavy (non-hydrogen) atoms. The predicted octanol–water partition coefficient (Wildman–Crippen LogP) is 3.39. The lowest BCUT2D eigenvalue weighted by atomic mass is 10.1. The molecule has 2 aromatic carbocycles. The molecule has 0 radical (unpaired) electrons. The van der Waals surface area contributed by atoms with E-state index in [9.17, 15) is 9.18 Å². The molecule has 1 N–H and O–H groups in total. The van der Waals surface area contributed by atoms with Gasteiger partial charge in [0.1, 0.15) is 12.7 Å². The average molecular weight is 340 g/mol. The van der Waals surface area contributed by atoms with Gasteiger partial charge in [0.2, 0.25) is 0 Å². The molecule has 2 aromatic rings. The number of anilines is 1. The molecule has 1 amide bonds.